The number of nitrogens with one attached hydrogen (secondary N) is 1. The van der Waals surface area contributed by atoms with Gasteiger partial charge < -0.3 is 15.3 Å². The maximum Gasteiger partial charge on any atom is 0.225 e. The Kier molecular flexibility index (Phi) is 4.22. The molecule has 5 heteroatoms. The lowest BCUT2D eigenvalue weighted by molar-refractivity contribution is -0.129. The molecule has 1 aliphatic heterocycles. The van der Waals surface area contributed by atoms with E-state index in [2.05, 4.69) is 5.32 Å². The molecular formula is C13H22N2O3. The molecule has 0 spiro atoms. The normalized spacial score (nSPS) is 25.3. The molecule has 102 valence electrons. The number of carbonyl (C=O) groups excluding carboxylic acids is 2. The van der Waals surface area contributed by atoms with Crippen molar-refractivity contribution in [3.63, 3.8) is 0 Å². The van der Waals surface area contributed by atoms with Gasteiger partial charge in [-0.15, -0.1) is 0 Å². The van der Waals surface area contributed by atoms with E-state index in [9.17, 15) is 9.59 Å². The predicted octanol–water partition coefficient (Wildman–Crippen LogP) is 0.132. The highest BCUT2D eigenvalue weighted by Crippen LogP contribution is 2.31. The van der Waals surface area contributed by atoms with Crippen molar-refractivity contribution in [2.45, 2.75) is 38.6 Å². The van der Waals surface area contributed by atoms with Crippen molar-refractivity contribution in [1.82, 2.24) is 10.2 Å². The number of hydrogen-bond donors (Lipinski definition) is 2. The van der Waals surface area contributed by atoms with Crippen LogP contribution in [-0.4, -0.2) is 47.6 Å². The summed E-state index contributed by atoms with van der Waals surface area (Å²) in [5.41, 5.74) is 0. The molecule has 1 heterocycles. The fraction of sp³-hybridized carbons (Fsp3) is 0.846. The second-order valence-electron chi connectivity index (χ2n) is 5.44. The molecule has 0 radical (unpaired) electrons. The average Bonchev–Trinajstić information content (AvgIpc) is 3.10. The third-order valence-corrected chi connectivity index (χ3v) is 3.82. The van der Waals surface area contributed by atoms with Crippen LogP contribution in [0.2, 0.25) is 0 Å². The minimum atomic E-state index is -0.239. The fourth-order valence-electron chi connectivity index (χ4n) is 2.33. The van der Waals surface area contributed by atoms with Gasteiger partial charge in [0.25, 0.3) is 0 Å². The number of amides is 2. The van der Waals surface area contributed by atoms with E-state index >= 15 is 0 Å². The Hall–Kier alpha value is -1.10. The first-order valence-corrected chi connectivity index (χ1v) is 6.83. The van der Waals surface area contributed by atoms with Gasteiger partial charge in [0, 0.05) is 19.5 Å². The van der Waals surface area contributed by atoms with Gasteiger partial charge in [0.2, 0.25) is 11.8 Å². The molecule has 1 saturated carbocycles. The molecule has 2 N–H and O–H groups in total. The van der Waals surface area contributed by atoms with Crippen LogP contribution in [0.3, 0.4) is 0 Å². The monoisotopic (exact) mass is 254 g/mol. The van der Waals surface area contributed by atoms with Gasteiger partial charge in [0.1, 0.15) is 0 Å². The summed E-state index contributed by atoms with van der Waals surface area (Å²) in [5, 5.41) is 11.9. The Labute approximate surface area is 108 Å². The number of likely N-dealkylation sites (tertiary alicyclic amines) is 1. The van der Waals surface area contributed by atoms with E-state index in [1.807, 2.05) is 11.8 Å². The summed E-state index contributed by atoms with van der Waals surface area (Å²) >= 11 is 0. The van der Waals surface area contributed by atoms with Crippen LogP contribution < -0.4 is 5.32 Å². The zero-order valence-electron chi connectivity index (χ0n) is 10.9. The quantitative estimate of drug-likeness (QED) is 0.708. The summed E-state index contributed by atoms with van der Waals surface area (Å²) in [6.07, 6.45) is 3.45. The van der Waals surface area contributed by atoms with Gasteiger partial charge in [-0.2, -0.15) is 0 Å². The number of carbonyl (C=O) groups is 2. The fourth-order valence-corrected chi connectivity index (χ4v) is 2.33. The van der Waals surface area contributed by atoms with E-state index in [0.717, 1.165) is 6.54 Å². The van der Waals surface area contributed by atoms with Gasteiger partial charge in [0.05, 0.1) is 18.6 Å². The van der Waals surface area contributed by atoms with Crippen molar-refractivity contribution in [3.05, 3.63) is 0 Å². The zero-order chi connectivity index (χ0) is 13.1. The lowest BCUT2D eigenvalue weighted by atomic mass is 10.1. The van der Waals surface area contributed by atoms with Crippen LogP contribution in [0, 0.1) is 11.8 Å². The first-order chi connectivity index (χ1) is 8.63. The molecule has 1 aliphatic carbocycles. The van der Waals surface area contributed by atoms with Crippen LogP contribution in [-0.2, 0) is 9.59 Å². The highest BCUT2D eigenvalue weighted by molar-refractivity contribution is 5.89. The number of hydrogen-bond acceptors (Lipinski definition) is 3. The third-order valence-electron chi connectivity index (χ3n) is 3.82. The summed E-state index contributed by atoms with van der Waals surface area (Å²) in [6, 6.07) is -0.190. The summed E-state index contributed by atoms with van der Waals surface area (Å²) in [5.74, 6) is 0.426. The van der Waals surface area contributed by atoms with E-state index in [0.29, 0.717) is 25.3 Å². The average molecular weight is 254 g/mol. The Morgan fingerprint density at radius 2 is 2.28 bits per heavy atom. The number of aliphatic hydroxyl groups is 1. The van der Waals surface area contributed by atoms with Crippen molar-refractivity contribution in [2.24, 2.45) is 11.8 Å². The minimum absolute atomic E-state index is 0.0469. The molecule has 2 rings (SSSR count). The largest absolute Gasteiger partial charge is 0.394 e. The van der Waals surface area contributed by atoms with Gasteiger partial charge in [-0.05, 0) is 25.2 Å². The molecule has 2 aliphatic rings. The molecule has 0 bridgehead atoms. The Bertz CT molecular complexity index is 324. The summed E-state index contributed by atoms with van der Waals surface area (Å²) in [4.78, 5) is 25.6. The van der Waals surface area contributed by atoms with Crippen molar-refractivity contribution >= 4 is 11.8 Å². The number of rotatable bonds is 6. The van der Waals surface area contributed by atoms with Crippen LogP contribution >= 0.6 is 0 Å². The van der Waals surface area contributed by atoms with Gasteiger partial charge >= 0.3 is 0 Å². The Balaban J connectivity index is 1.82. The summed E-state index contributed by atoms with van der Waals surface area (Å²) in [6.45, 7) is 3.23. The van der Waals surface area contributed by atoms with Crippen LogP contribution in [0.1, 0.15) is 32.6 Å². The maximum absolute atomic E-state index is 12.0. The van der Waals surface area contributed by atoms with Gasteiger partial charge in [-0.3, -0.25) is 9.59 Å². The highest BCUT2D eigenvalue weighted by Gasteiger charge is 2.37. The molecule has 2 fully saturated rings. The van der Waals surface area contributed by atoms with Crippen molar-refractivity contribution in [2.75, 3.05) is 19.7 Å². The highest BCUT2D eigenvalue weighted by atomic mass is 16.3. The van der Waals surface area contributed by atoms with Crippen LogP contribution in [0.15, 0.2) is 0 Å². The lowest BCUT2D eigenvalue weighted by Gasteiger charge is -2.18. The molecule has 2 amide bonds. The van der Waals surface area contributed by atoms with E-state index in [4.69, 9.17) is 5.11 Å². The SMILES string of the molecule is CC[C@H](CO)NC(=O)C1CC(=O)N(CC2CC2)C1. The maximum atomic E-state index is 12.0. The van der Waals surface area contributed by atoms with Crippen LogP contribution in [0.25, 0.3) is 0 Å². The van der Waals surface area contributed by atoms with E-state index in [1.165, 1.54) is 12.8 Å². The van der Waals surface area contributed by atoms with Gasteiger partial charge in [-0.1, -0.05) is 6.92 Å². The number of aliphatic hydroxyl groups excluding tert-OH is 1. The molecule has 1 unspecified atom stereocenters. The molecule has 18 heavy (non-hydrogen) atoms. The standard InChI is InChI=1S/C13H22N2O3/c1-2-11(8-16)14-13(18)10-5-12(17)15(7-10)6-9-3-4-9/h9-11,16H,2-8H2,1H3,(H,14,18)/t10?,11-/m1/s1. The third kappa shape index (κ3) is 3.22. The molecule has 2 atom stereocenters. The zero-order valence-corrected chi connectivity index (χ0v) is 10.9. The molecule has 0 aromatic carbocycles. The van der Waals surface area contributed by atoms with Gasteiger partial charge in [-0.25, -0.2) is 0 Å². The van der Waals surface area contributed by atoms with E-state index in [-0.39, 0.29) is 30.4 Å². The predicted molar refractivity (Wildman–Crippen MR) is 66.7 cm³/mol. The minimum Gasteiger partial charge on any atom is -0.394 e. The van der Waals surface area contributed by atoms with E-state index < -0.39 is 0 Å². The van der Waals surface area contributed by atoms with Crippen molar-refractivity contribution < 1.29 is 14.7 Å². The van der Waals surface area contributed by atoms with Gasteiger partial charge in [0.15, 0.2) is 0 Å². The van der Waals surface area contributed by atoms with Crippen LogP contribution in [0.5, 0.6) is 0 Å². The Morgan fingerprint density at radius 3 is 2.83 bits per heavy atom. The van der Waals surface area contributed by atoms with Crippen molar-refractivity contribution in [1.29, 1.82) is 0 Å². The smallest absolute Gasteiger partial charge is 0.225 e. The first-order valence-electron chi connectivity index (χ1n) is 6.83. The van der Waals surface area contributed by atoms with Crippen LogP contribution in [0.4, 0.5) is 0 Å². The van der Waals surface area contributed by atoms with Crippen molar-refractivity contribution in [3.8, 4) is 0 Å². The molecule has 0 aromatic rings. The molecule has 5 nitrogen and oxygen atoms in total. The second-order valence-corrected chi connectivity index (χ2v) is 5.44. The Morgan fingerprint density at radius 1 is 1.56 bits per heavy atom. The van der Waals surface area contributed by atoms with E-state index in [1.54, 1.807) is 0 Å². The molecule has 0 aromatic heterocycles. The summed E-state index contributed by atoms with van der Waals surface area (Å²) in [7, 11) is 0. The summed E-state index contributed by atoms with van der Waals surface area (Å²) < 4.78 is 0. The second kappa shape index (κ2) is 5.69. The topological polar surface area (TPSA) is 69.6 Å². The molecule has 1 saturated heterocycles. The first kappa shape index (κ1) is 13.3. The number of nitrogens with zero attached hydrogens (tertiary/aromatic N) is 1. The molecular weight excluding hydrogens is 232 g/mol. The lowest BCUT2D eigenvalue weighted by Crippen LogP contribution is -2.41.